The summed E-state index contributed by atoms with van der Waals surface area (Å²) < 4.78 is 2.24. The summed E-state index contributed by atoms with van der Waals surface area (Å²) in [5.74, 6) is 1.93. The summed E-state index contributed by atoms with van der Waals surface area (Å²) >= 11 is 0. The number of hydrogen-bond donors (Lipinski definition) is 1. The van der Waals surface area contributed by atoms with Gasteiger partial charge in [-0.05, 0) is 49.8 Å². The van der Waals surface area contributed by atoms with Crippen molar-refractivity contribution in [2.24, 2.45) is 11.8 Å². The molecule has 102 valence electrons. The number of nitrogens with zero attached hydrogens (tertiary/aromatic N) is 1. The molecule has 1 saturated carbocycles. The Morgan fingerprint density at radius 1 is 1.17 bits per heavy atom. The van der Waals surface area contributed by atoms with Crippen molar-refractivity contribution in [2.75, 3.05) is 6.54 Å². The van der Waals surface area contributed by atoms with E-state index in [-0.39, 0.29) is 0 Å². The van der Waals surface area contributed by atoms with Gasteiger partial charge in [-0.2, -0.15) is 0 Å². The van der Waals surface area contributed by atoms with Crippen LogP contribution in [-0.4, -0.2) is 11.1 Å². The molecular weight excluding hydrogens is 220 g/mol. The van der Waals surface area contributed by atoms with E-state index in [9.17, 15) is 0 Å². The normalized spacial score (nSPS) is 24.3. The SMILES string of the molecule is CCC1CCC(CNCc2ccn(CC)c2)CC1. The van der Waals surface area contributed by atoms with Crippen molar-refractivity contribution in [3.8, 4) is 0 Å². The highest BCUT2D eigenvalue weighted by Crippen LogP contribution is 2.30. The minimum absolute atomic E-state index is 0.918. The highest BCUT2D eigenvalue weighted by Gasteiger charge is 2.19. The Hall–Kier alpha value is -0.760. The Bertz CT molecular complexity index is 335. The largest absolute Gasteiger partial charge is 0.354 e. The molecule has 1 heterocycles. The number of aromatic nitrogens is 1. The smallest absolute Gasteiger partial charge is 0.0220 e. The molecule has 0 saturated heterocycles. The van der Waals surface area contributed by atoms with Crippen LogP contribution in [0, 0.1) is 11.8 Å². The van der Waals surface area contributed by atoms with Crippen molar-refractivity contribution in [1.82, 2.24) is 9.88 Å². The van der Waals surface area contributed by atoms with Gasteiger partial charge in [-0.1, -0.05) is 26.2 Å². The van der Waals surface area contributed by atoms with Crippen molar-refractivity contribution in [2.45, 2.75) is 59.0 Å². The summed E-state index contributed by atoms with van der Waals surface area (Å²) in [6.45, 7) is 7.82. The van der Waals surface area contributed by atoms with Crippen LogP contribution in [0.25, 0.3) is 0 Å². The second kappa shape index (κ2) is 6.98. The molecule has 0 bridgehead atoms. The molecule has 1 N–H and O–H groups in total. The van der Waals surface area contributed by atoms with Crippen LogP contribution < -0.4 is 5.32 Å². The average molecular weight is 248 g/mol. The summed E-state index contributed by atoms with van der Waals surface area (Å²) in [7, 11) is 0. The highest BCUT2D eigenvalue weighted by atomic mass is 14.9. The molecule has 0 aromatic carbocycles. The monoisotopic (exact) mass is 248 g/mol. The molecule has 0 spiro atoms. The minimum Gasteiger partial charge on any atom is -0.354 e. The second-order valence-corrected chi connectivity index (χ2v) is 5.78. The van der Waals surface area contributed by atoms with Gasteiger partial charge in [-0.25, -0.2) is 0 Å². The molecule has 0 unspecified atom stereocenters. The zero-order valence-corrected chi connectivity index (χ0v) is 12.0. The number of rotatable bonds is 6. The highest BCUT2D eigenvalue weighted by molar-refractivity contribution is 5.09. The van der Waals surface area contributed by atoms with Crippen molar-refractivity contribution < 1.29 is 0 Å². The molecule has 2 rings (SSSR count). The minimum atomic E-state index is 0.918. The lowest BCUT2D eigenvalue weighted by molar-refractivity contribution is 0.262. The topological polar surface area (TPSA) is 17.0 Å². The fourth-order valence-corrected chi connectivity index (χ4v) is 3.06. The zero-order chi connectivity index (χ0) is 12.8. The van der Waals surface area contributed by atoms with Gasteiger partial charge in [0.1, 0.15) is 0 Å². The number of hydrogen-bond acceptors (Lipinski definition) is 1. The van der Waals surface area contributed by atoms with E-state index in [0.29, 0.717) is 0 Å². The van der Waals surface area contributed by atoms with Gasteiger partial charge < -0.3 is 9.88 Å². The maximum Gasteiger partial charge on any atom is 0.0220 e. The lowest BCUT2D eigenvalue weighted by atomic mass is 9.81. The third kappa shape index (κ3) is 3.88. The van der Waals surface area contributed by atoms with Gasteiger partial charge in [0.15, 0.2) is 0 Å². The van der Waals surface area contributed by atoms with Gasteiger partial charge >= 0.3 is 0 Å². The van der Waals surface area contributed by atoms with Crippen molar-refractivity contribution in [1.29, 1.82) is 0 Å². The van der Waals surface area contributed by atoms with E-state index in [1.54, 1.807) is 0 Å². The van der Waals surface area contributed by atoms with Crippen LogP contribution in [0.4, 0.5) is 0 Å². The summed E-state index contributed by atoms with van der Waals surface area (Å²) in [5, 5.41) is 3.63. The molecule has 18 heavy (non-hydrogen) atoms. The summed E-state index contributed by atoms with van der Waals surface area (Å²) in [4.78, 5) is 0. The fraction of sp³-hybridized carbons (Fsp3) is 0.750. The fourth-order valence-electron chi connectivity index (χ4n) is 3.06. The Kier molecular flexibility index (Phi) is 5.30. The first-order valence-electron chi connectivity index (χ1n) is 7.67. The molecule has 0 radical (unpaired) electrons. The average Bonchev–Trinajstić information content (AvgIpc) is 2.87. The van der Waals surface area contributed by atoms with Gasteiger partial charge in [0, 0.05) is 25.5 Å². The number of nitrogens with one attached hydrogen (secondary N) is 1. The third-order valence-electron chi connectivity index (χ3n) is 4.48. The molecule has 2 nitrogen and oxygen atoms in total. The summed E-state index contributed by atoms with van der Waals surface area (Å²) in [6, 6.07) is 2.23. The van der Waals surface area contributed by atoms with E-state index in [2.05, 4.69) is 42.2 Å². The Labute approximate surface area is 112 Å². The molecule has 1 aromatic heterocycles. The van der Waals surface area contributed by atoms with Gasteiger partial charge in [-0.3, -0.25) is 0 Å². The van der Waals surface area contributed by atoms with Crippen LogP contribution in [0.15, 0.2) is 18.5 Å². The predicted molar refractivity (Wildman–Crippen MR) is 77.6 cm³/mol. The first-order valence-corrected chi connectivity index (χ1v) is 7.67. The number of aryl methyl sites for hydroxylation is 1. The van der Waals surface area contributed by atoms with Gasteiger partial charge in [0.2, 0.25) is 0 Å². The summed E-state index contributed by atoms with van der Waals surface area (Å²) in [6.07, 6.45) is 11.6. The van der Waals surface area contributed by atoms with Crippen LogP contribution in [0.5, 0.6) is 0 Å². The third-order valence-corrected chi connectivity index (χ3v) is 4.48. The van der Waals surface area contributed by atoms with E-state index in [1.807, 2.05) is 0 Å². The predicted octanol–water partition coefficient (Wildman–Crippen LogP) is 3.81. The quantitative estimate of drug-likeness (QED) is 0.810. The lowest BCUT2D eigenvalue weighted by Gasteiger charge is -2.27. The van der Waals surface area contributed by atoms with Crippen molar-refractivity contribution in [3.63, 3.8) is 0 Å². The zero-order valence-electron chi connectivity index (χ0n) is 12.0. The van der Waals surface area contributed by atoms with Crippen molar-refractivity contribution in [3.05, 3.63) is 24.0 Å². The van der Waals surface area contributed by atoms with Crippen LogP contribution in [0.3, 0.4) is 0 Å². The van der Waals surface area contributed by atoms with Gasteiger partial charge in [0.25, 0.3) is 0 Å². The standard InChI is InChI=1S/C16H28N2/c1-3-14-5-7-15(8-6-14)11-17-12-16-9-10-18(4-2)13-16/h9-10,13-15,17H,3-8,11-12H2,1-2H3. The lowest BCUT2D eigenvalue weighted by Crippen LogP contribution is -2.26. The molecule has 1 fully saturated rings. The van der Waals surface area contributed by atoms with E-state index < -0.39 is 0 Å². The Balaban J connectivity index is 1.63. The molecular formula is C16H28N2. The first kappa shape index (κ1) is 13.7. The van der Waals surface area contributed by atoms with Crippen molar-refractivity contribution >= 4 is 0 Å². The van der Waals surface area contributed by atoms with Crippen LogP contribution in [0.2, 0.25) is 0 Å². The molecule has 0 atom stereocenters. The van der Waals surface area contributed by atoms with E-state index in [0.717, 1.165) is 24.9 Å². The molecule has 1 aliphatic rings. The van der Waals surface area contributed by atoms with E-state index in [4.69, 9.17) is 0 Å². The van der Waals surface area contributed by atoms with Crippen LogP contribution in [0.1, 0.15) is 51.5 Å². The molecule has 0 amide bonds. The van der Waals surface area contributed by atoms with Gasteiger partial charge in [0.05, 0.1) is 0 Å². The van der Waals surface area contributed by atoms with E-state index in [1.165, 1.54) is 44.2 Å². The first-order chi connectivity index (χ1) is 8.81. The Morgan fingerprint density at radius 3 is 2.50 bits per heavy atom. The Morgan fingerprint density at radius 2 is 1.89 bits per heavy atom. The molecule has 2 heteroatoms. The maximum atomic E-state index is 3.63. The second-order valence-electron chi connectivity index (χ2n) is 5.78. The maximum absolute atomic E-state index is 3.63. The molecule has 1 aliphatic carbocycles. The van der Waals surface area contributed by atoms with Crippen LogP contribution in [-0.2, 0) is 13.1 Å². The molecule has 0 aliphatic heterocycles. The molecule has 1 aromatic rings. The van der Waals surface area contributed by atoms with Gasteiger partial charge in [-0.15, -0.1) is 0 Å². The summed E-state index contributed by atoms with van der Waals surface area (Å²) in [5.41, 5.74) is 1.42. The van der Waals surface area contributed by atoms with Crippen LogP contribution >= 0.6 is 0 Å². The van der Waals surface area contributed by atoms with E-state index >= 15 is 0 Å².